The number of rotatable bonds is 4. The number of halogens is 1. The third kappa shape index (κ3) is 3.16. The van der Waals surface area contributed by atoms with Gasteiger partial charge in [-0.3, -0.25) is 4.68 Å². The Morgan fingerprint density at radius 2 is 2.12 bits per heavy atom. The van der Waals surface area contributed by atoms with Crippen LogP contribution in [0.1, 0.15) is 20.3 Å². The first-order chi connectivity index (χ1) is 8.15. The molecule has 17 heavy (non-hydrogen) atoms. The number of hydrogen-bond donors (Lipinski definition) is 0. The van der Waals surface area contributed by atoms with Gasteiger partial charge >= 0.3 is 0 Å². The number of hydrogen-bond acceptors (Lipinski definition) is 1. The van der Waals surface area contributed by atoms with Crippen molar-refractivity contribution in [3.05, 3.63) is 42.5 Å². The van der Waals surface area contributed by atoms with Gasteiger partial charge < -0.3 is 0 Å². The summed E-state index contributed by atoms with van der Waals surface area (Å²) in [5.41, 5.74) is 1.84. The van der Waals surface area contributed by atoms with E-state index >= 15 is 0 Å². The SMILES string of the molecule is CC(C)CCn1cc(-c2cccc(F)c2)cn1. The molecule has 2 rings (SSSR count). The molecular formula is C14H17FN2. The molecule has 0 fully saturated rings. The highest BCUT2D eigenvalue weighted by Crippen LogP contribution is 2.19. The van der Waals surface area contributed by atoms with Gasteiger partial charge in [0.1, 0.15) is 5.82 Å². The Morgan fingerprint density at radius 3 is 2.82 bits per heavy atom. The van der Waals surface area contributed by atoms with Crippen molar-refractivity contribution in [3.8, 4) is 11.1 Å². The zero-order valence-corrected chi connectivity index (χ0v) is 10.2. The van der Waals surface area contributed by atoms with Gasteiger partial charge in [0.15, 0.2) is 0 Å². The topological polar surface area (TPSA) is 17.8 Å². The highest BCUT2D eigenvalue weighted by Gasteiger charge is 2.03. The van der Waals surface area contributed by atoms with E-state index in [1.165, 1.54) is 12.1 Å². The molecule has 3 heteroatoms. The fourth-order valence-corrected chi connectivity index (χ4v) is 1.69. The minimum Gasteiger partial charge on any atom is -0.272 e. The predicted molar refractivity (Wildman–Crippen MR) is 67.1 cm³/mol. The van der Waals surface area contributed by atoms with E-state index in [4.69, 9.17) is 0 Å². The zero-order chi connectivity index (χ0) is 12.3. The molecule has 0 saturated carbocycles. The average Bonchev–Trinajstić information content (AvgIpc) is 2.75. The van der Waals surface area contributed by atoms with Crippen molar-refractivity contribution >= 4 is 0 Å². The van der Waals surface area contributed by atoms with Crippen LogP contribution in [0.4, 0.5) is 4.39 Å². The minimum atomic E-state index is -0.211. The number of benzene rings is 1. The molecule has 0 spiro atoms. The summed E-state index contributed by atoms with van der Waals surface area (Å²) in [6.45, 7) is 5.29. The lowest BCUT2D eigenvalue weighted by Gasteiger charge is -2.03. The van der Waals surface area contributed by atoms with Crippen LogP contribution in [0.25, 0.3) is 11.1 Å². The fraction of sp³-hybridized carbons (Fsp3) is 0.357. The Labute approximate surface area is 101 Å². The van der Waals surface area contributed by atoms with Gasteiger partial charge in [-0.2, -0.15) is 5.10 Å². The van der Waals surface area contributed by atoms with Crippen LogP contribution in [-0.4, -0.2) is 9.78 Å². The maximum Gasteiger partial charge on any atom is 0.123 e. The first-order valence-corrected chi connectivity index (χ1v) is 5.93. The van der Waals surface area contributed by atoms with Crippen LogP contribution in [0.2, 0.25) is 0 Å². The summed E-state index contributed by atoms with van der Waals surface area (Å²) in [6, 6.07) is 6.60. The molecule has 2 aromatic rings. The largest absolute Gasteiger partial charge is 0.272 e. The summed E-state index contributed by atoms with van der Waals surface area (Å²) >= 11 is 0. The third-order valence-electron chi connectivity index (χ3n) is 2.73. The predicted octanol–water partition coefficient (Wildman–Crippen LogP) is 3.74. The van der Waals surface area contributed by atoms with E-state index in [-0.39, 0.29) is 5.82 Å². The minimum absolute atomic E-state index is 0.211. The molecule has 0 aliphatic heterocycles. The van der Waals surface area contributed by atoms with E-state index in [9.17, 15) is 4.39 Å². The van der Waals surface area contributed by atoms with Gasteiger partial charge in [-0.05, 0) is 30.0 Å². The van der Waals surface area contributed by atoms with Crippen LogP contribution in [-0.2, 0) is 6.54 Å². The first kappa shape index (κ1) is 11.8. The summed E-state index contributed by atoms with van der Waals surface area (Å²) in [5.74, 6) is 0.453. The Kier molecular flexibility index (Phi) is 3.57. The average molecular weight is 232 g/mol. The zero-order valence-electron chi connectivity index (χ0n) is 10.2. The van der Waals surface area contributed by atoms with Crippen molar-refractivity contribution in [1.29, 1.82) is 0 Å². The van der Waals surface area contributed by atoms with Crippen LogP contribution >= 0.6 is 0 Å². The Bertz CT molecular complexity index is 488. The lowest BCUT2D eigenvalue weighted by atomic mass is 10.1. The number of aryl methyl sites for hydroxylation is 1. The third-order valence-corrected chi connectivity index (χ3v) is 2.73. The van der Waals surface area contributed by atoms with E-state index in [2.05, 4.69) is 18.9 Å². The molecule has 2 nitrogen and oxygen atoms in total. The maximum atomic E-state index is 13.1. The molecule has 0 unspecified atom stereocenters. The number of aromatic nitrogens is 2. The summed E-state index contributed by atoms with van der Waals surface area (Å²) < 4.78 is 15.0. The summed E-state index contributed by atoms with van der Waals surface area (Å²) in [5, 5.41) is 4.29. The fourth-order valence-electron chi connectivity index (χ4n) is 1.69. The first-order valence-electron chi connectivity index (χ1n) is 5.93. The second-order valence-corrected chi connectivity index (χ2v) is 4.68. The molecule has 1 heterocycles. The van der Waals surface area contributed by atoms with Gasteiger partial charge in [-0.15, -0.1) is 0 Å². The molecule has 0 amide bonds. The molecular weight excluding hydrogens is 215 g/mol. The lowest BCUT2D eigenvalue weighted by molar-refractivity contribution is 0.487. The maximum absolute atomic E-state index is 13.1. The summed E-state index contributed by atoms with van der Waals surface area (Å²) in [4.78, 5) is 0. The van der Waals surface area contributed by atoms with Crippen molar-refractivity contribution in [3.63, 3.8) is 0 Å². The molecule has 0 bridgehead atoms. The van der Waals surface area contributed by atoms with Crippen molar-refractivity contribution in [2.24, 2.45) is 5.92 Å². The molecule has 0 atom stereocenters. The van der Waals surface area contributed by atoms with E-state index < -0.39 is 0 Å². The van der Waals surface area contributed by atoms with E-state index in [1.54, 1.807) is 12.3 Å². The molecule has 90 valence electrons. The van der Waals surface area contributed by atoms with Crippen LogP contribution in [0.15, 0.2) is 36.7 Å². The van der Waals surface area contributed by atoms with Crippen molar-refractivity contribution in [2.45, 2.75) is 26.8 Å². The van der Waals surface area contributed by atoms with Gasteiger partial charge in [-0.1, -0.05) is 26.0 Å². The smallest absolute Gasteiger partial charge is 0.123 e. The van der Waals surface area contributed by atoms with Crippen molar-refractivity contribution in [1.82, 2.24) is 9.78 Å². The van der Waals surface area contributed by atoms with Crippen molar-refractivity contribution in [2.75, 3.05) is 0 Å². The quantitative estimate of drug-likeness (QED) is 0.785. The highest BCUT2D eigenvalue weighted by atomic mass is 19.1. The van der Waals surface area contributed by atoms with Crippen LogP contribution in [0, 0.1) is 11.7 Å². The summed E-state index contributed by atoms with van der Waals surface area (Å²) in [6.07, 6.45) is 4.86. The van der Waals surface area contributed by atoms with Crippen molar-refractivity contribution < 1.29 is 4.39 Å². The van der Waals surface area contributed by atoms with Crippen LogP contribution < -0.4 is 0 Å². The molecule has 1 aromatic carbocycles. The Hall–Kier alpha value is -1.64. The summed E-state index contributed by atoms with van der Waals surface area (Å²) in [7, 11) is 0. The van der Waals surface area contributed by atoms with E-state index in [0.29, 0.717) is 5.92 Å². The molecule has 0 aliphatic carbocycles. The van der Waals surface area contributed by atoms with Gasteiger partial charge in [0.05, 0.1) is 6.20 Å². The Balaban J connectivity index is 2.12. The Morgan fingerprint density at radius 1 is 1.29 bits per heavy atom. The second-order valence-electron chi connectivity index (χ2n) is 4.68. The van der Waals surface area contributed by atoms with Crippen LogP contribution in [0.3, 0.4) is 0 Å². The van der Waals surface area contributed by atoms with E-state index in [1.807, 2.05) is 16.9 Å². The number of nitrogens with zero attached hydrogens (tertiary/aromatic N) is 2. The highest BCUT2D eigenvalue weighted by molar-refractivity contribution is 5.61. The standard InChI is InChI=1S/C14H17FN2/c1-11(2)6-7-17-10-13(9-16-17)12-4-3-5-14(15)8-12/h3-5,8-11H,6-7H2,1-2H3. The van der Waals surface area contributed by atoms with E-state index in [0.717, 1.165) is 24.1 Å². The monoisotopic (exact) mass is 232 g/mol. The van der Waals surface area contributed by atoms with Gasteiger partial charge in [0.2, 0.25) is 0 Å². The molecule has 0 aliphatic rings. The van der Waals surface area contributed by atoms with Gasteiger partial charge in [-0.25, -0.2) is 4.39 Å². The normalized spacial score (nSPS) is 11.1. The van der Waals surface area contributed by atoms with Gasteiger partial charge in [0.25, 0.3) is 0 Å². The lowest BCUT2D eigenvalue weighted by Crippen LogP contribution is -2.01. The second kappa shape index (κ2) is 5.13. The molecule has 0 radical (unpaired) electrons. The molecule has 0 saturated heterocycles. The molecule has 0 N–H and O–H groups in total. The van der Waals surface area contributed by atoms with Gasteiger partial charge in [0, 0.05) is 18.3 Å². The molecule has 1 aromatic heterocycles. The van der Waals surface area contributed by atoms with Crippen LogP contribution in [0.5, 0.6) is 0 Å².